The molecule has 0 unspecified atom stereocenters. The molecule has 1 saturated carbocycles. The molecule has 10 aromatic rings. The molecule has 0 saturated heterocycles. The van der Waals surface area contributed by atoms with E-state index in [4.69, 9.17) is 0 Å². The van der Waals surface area contributed by atoms with Gasteiger partial charge in [-0.2, -0.15) is 0 Å². The molecule has 340 valence electrons. The van der Waals surface area contributed by atoms with Crippen LogP contribution in [-0.2, 0) is 5.41 Å². The van der Waals surface area contributed by atoms with E-state index in [1.165, 1.54) is 110 Å². The largest absolute Gasteiger partial charge is 0.310 e. The average molecular weight is 903 g/mol. The van der Waals surface area contributed by atoms with Crippen LogP contribution in [0.25, 0.3) is 55.3 Å². The SMILES string of the molecule is Cc1cccc2c1-c1ccc(N(c3cccc(-c4cccc(-c5ccccc5N(c5ccccc5)c5ccc(C6CCCCC6)cc5)c4)c3)c3cc4ccccc4cc3-c3ccccc3)cc1C2(C)C. The van der Waals surface area contributed by atoms with Crippen molar-refractivity contribution in [2.24, 2.45) is 0 Å². The number of rotatable bonds is 10. The lowest BCUT2D eigenvalue weighted by Crippen LogP contribution is -2.17. The summed E-state index contributed by atoms with van der Waals surface area (Å²) in [6, 6.07) is 85.8. The maximum absolute atomic E-state index is 2.50. The second-order valence-electron chi connectivity index (χ2n) is 20.0. The zero-order chi connectivity index (χ0) is 47.2. The Hall–Kier alpha value is -7.94. The van der Waals surface area contributed by atoms with Crippen LogP contribution < -0.4 is 9.80 Å². The van der Waals surface area contributed by atoms with Gasteiger partial charge in [-0.25, -0.2) is 0 Å². The third-order valence-corrected chi connectivity index (χ3v) is 15.3. The molecule has 2 aliphatic rings. The lowest BCUT2D eigenvalue weighted by molar-refractivity contribution is 0.443. The minimum Gasteiger partial charge on any atom is -0.310 e. The highest BCUT2D eigenvalue weighted by molar-refractivity contribution is 5.99. The molecule has 0 radical (unpaired) electrons. The van der Waals surface area contributed by atoms with Gasteiger partial charge in [-0.15, -0.1) is 0 Å². The minimum absolute atomic E-state index is 0.156. The number of hydrogen-bond acceptors (Lipinski definition) is 2. The van der Waals surface area contributed by atoms with Crippen LogP contribution in [0.1, 0.15) is 74.1 Å². The lowest BCUT2D eigenvalue weighted by Gasteiger charge is -2.30. The summed E-state index contributed by atoms with van der Waals surface area (Å²) < 4.78 is 0. The molecular weight excluding hydrogens is 845 g/mol. The highest BCUT2D eigenvalue weighted by atomic mass is 15.2. The van der Waals surface area contributed by atoms with Crippen LogP contribution in [-0.4, -0.2) is 0 Å². The summed E-state index contributed by atoms with van der Waals surface area (Å²) in [4.78, 5) is 4.93. The van der Waals surface area contributed by atoms with Gasteiger partial charge in [-0.3, -0.25) is 0 Å². The molecule has 70 heavy (non-hydrogen) atoms. The molecular formula is C68H58N2. The monoisotopic (exact) mass is 902 g/mol. The Labute approximate surface area is 414 Å². The quantitative estimate of drug-likeness (QED) is 0.135. The van der Waals surface area contributed by atoms with E-state index in [2.05, 4.69) is 261 Å². The van der Waals surface area contributed by atoms with Crippen LogP contribution in [0.4, 0.5) is 34.1 Å². The number of para-hydroxylation sites is 2. The van der Waals surface area contributed by atoms with Crippen molar-refractivity contribution in [3.8, 4) is 44.5 Å². The van der Waals surface area contributed by atoms with E-state index in [-0.39, 0.29) is 5.41 Å². The molecule has 0 amide bonds. The van der Waals surface area contributed by atoms with Gasteiger partial charge in [0.2, 0.25) is 0 Å². The smallest absolute Gasteiger partial charge is 0.0546 e. The molecule has 0 atom stereocenters. The van der Waals surface area contributed by atoms with Crippen LogP contribution >= 0.6 is 0 Å². The fourth-order valence-corrected chi connectivity index (χ4v) is 11.7. The first-order valence-electron chi connectivity index (χ1n) is 25.3. The van der Waals surface area contributed by atoms with Gasteiger partial charge in [-0.05, 0) is 165 Å². The van der Waals surface area contributed by atoms with E-state index >= 15 is 0 Å². The molecule has 0 spiro atoms. The van der Waals surface area contributed by atoms with E-state index in [1.807, 2.05) is 0 Å². The van der Waals surface area contributed by atoms with E-state index in [0.717, 1.165) is 34.0 Å². The number of nitrogens with zero attached hydrogens (tertiary/aromatic N) is 2. The number of fused-ring (bicyclic) bond motifs is 4. The molecule has 10 aromatic carbocycles. The zero-order valence-electron chi connectivity index (χ0n) is 40.4. The van der Waals surface area contributed by atoms with Crippen LogP contribution in [0.2, 0.25) is 0 Å². The van der Waals surface area contributed by atoms with Crippen LogP contribution in [0.3, 0.4) is 0 Å². The fourth-order valence-electron chi connectivity index (χ4n) is 11.7. The Morgan fingerprint density at radius 1 is 0.371 bits per heavy atom. The maximum Gasteiger partial charge on any atom is 0.0546 e. The Morgan fingerprint density at radius 2 is 0.943 bits per heavy atom. The predicted octanol–water partition coefficient (Wildman–Crippen LogP) is 19.4. The Kier molecular flexibility index (Phi) is 11.3. The Bertz CT molecular complexity index is 3510. The first-order valence-corrected chi connectivity index (χ1v) is 25.3. The molecule has 2 nitrogen and oxygen atoms in total. The van der Waals surface area contributed by atoms with Crippen LogP contribution in [0.5, 0.6) is 0 Å². The summed E-state index contributed by atoms with van der Waals surface area (Å²) in [5, 5.41) is 2.43. The first kappa shape index (κ1) is 43.3. The highest BCUT2D eigenvalue weighted by Crippen LogP contribution is 2.53. The van der Waals surface area contributed by atoms with Gasteiger partial charge in [0, 0.05) is 39.3 Å². The van der Waals surface area contributed by atoms with Gasteiger partial charge in [0.05, 0.1) is 11.4 Å². The van der Waals surface area contributed by atoms with Gasteiger partial charge < -0.3 is 9.80 Å². The van der Waals surface area contributed by atoms with Gasteiger partial charge in [0.25, 0.3) is 0 Å². The van der Waals surface area contributed by atoms with Crippen molar-refractivity contribution in [1.82, 2.24) is 0 Å². The van der Waals surface area contributed by atoms with E-state index in [9.17, 15) is 0 Å². The number of anilines is 6. The molecule has 0 bridgehead atoms. The number of hydrogen-bond donors (Lipinski definition) is 0. The highest BCUT2D eigenvalue weighted by Gasteiger charge is 2.37. The summed E-state index contributed by atoms with van der Waals surface area (Å²) >= 11 is 0. The second kappa shape index (κ2) is 18.2. The lowest BCUT2D eigenvalue weighted by atomic mass is 9.82. The summed E-state index contributed by atoms with van der Waals surface area (Å²) in [6.07, 6.45) is 6.62. The molecule has 0 N–H and O–H groups in total. The van der Waals surface area contributed by atoms with Crippen molar-refractivity contribution in [1.29, 1.82) is 0 Å². The first-order chi connectivity index (χ1) is 34.4. The average Bonchev–Trinajstić information content (AvgIpc) is 3.65. The predicted molar refractivity (Wildman–Crippen MR) is 298 cm³/mol. The summed E-state index contributed by atoms with van der Waals surface area (Å²) in [5.74, 6) is 0.662. The van der Waals surface area contributed by atoms with E-state index in [1.54, 1.807) is 0 Å². The van der Waals surface area contributed by atoms with Crippen LogP contribution in [0, 0.1) is 6.92 Å². The van der Waals surface area contributed by atoms with Crippen molar-refractivity contribution >= 4 is 44.9 Å². The second-order valence-corrected chi connectivity index (χ2v) is 20.0. The van der Waals surface area contributed by atoms with Crippen molar-refractivity contribution in [2.45, 2.75) is 64.2 Å². The van der Waals surface area contributed by atoms with Crippen molar-refractivity contribution in [3.63, 3.8) is 0 Å². The number of aryl methyl sites for hydroxylation is 1. The topological polar surface area (TPSA) is 6.48 Å². The van der Waals surface area contributed by atoms with Gasteiger partial charge in [0.15, 0.2) is 0 Å². The Morgan fingerprint density at radius 3 is 1.73 bits per heavy atom. The molecule has 0 aromatic heterocycles. The van der Waals surface area contributed by atoms with Crippen molar-refractivity contribution < 1.29 is 0 Å². The summed E-state index contributed by atoms with van der Waals surface area (Å²) in [6.45, 7) is 7.02. The van der Waals surface area contributed by atoms with Crippen LogP contribution in [0.15, 0.2) is 231 Å². The Balaban J connectivity index is 0.986. The van der Waals surface area contributed by atoms with E-state index in [0.29, 0.717) is 5.92 Å². The normalized spacial score (nSPS) is 14.0. The minimum atomic E-state index is -0.156. The van der Waals surface area contributed by atoms with Gasteiger partial charge in [0.1, 0.15) is 0 Å². The summed E-state index contributed by atoms with van der Waals surface area (Å²) in [5.41, 5.74) is 22.0. The third kappa shape index (κ3) is 7.88. The molecule has 2 aliphatic carbocycles. The molecule has 0 aliphatic heterocycles. The molecule has 0 heterocycles. The third-order valence-electron chi connectivity index (χ3n) is 15.3. The van der Waals surface area contributed by atoms with Crippen molar-refractivity contribution in [2.75, 3.05) is 9.80 Å². The molecule has 2 heteroatoms. The zero-order valence-corrected chi connectivity index (χ0v) is 40.4. The van der Waals surface area contributed by atoms with E-state index < -0.39 is 0 Å². The maximum atomic E-state index is 2.50. The number of benzene rings is 10. The van der Waals surface area contributed by atoms with Gasteiger partial charge in [-0.1, -0.05) is 191 Å². The van der Waals surface area contributed by atoms with Gasteiger partial charge >= 0.3 is 0 Å². The van der Waals surface area contributed by atoms with Crippen molar-refractivity contribution in [3.05, 3.63) is 253 Å². The molecule has 1 fully saturated rings. The fraction of sp³-hybridized carbons (Fsp3) is 0.147. The standard InChI is InChI=1S/C68H58N2/c1-47-20-17-34-63-67(47)61-41-40-59(46-64(61)68(63,2)3)70(66-45-54-26-14-13-25-53(54)44-62(66)50-23-9-5-10-24-50)58-32-19-28-52(43-58)51-27-18-29-55(42-51)60-33-15-16-35-65(60)69(56-30-11-6-12-31-56)57-38-36-49(37-39-57)48-21-7-4-8-22-48/h5-6,9-20,23-46,48H,4,7-8,21-22H2,1-3H3. The molecule has 12 rings (SSSR count). The summed E-state index contributed by atoms with van der Waals surface area (Å²) in [7, 11) is 0.